The zero-order valence-electron chi connectivity index (χ0n) is 12.9. The second-order valence-corrected chi connectivity index (χ2v) is 4.92. The first-order chi connectivity index (χ1) is 9.63. The Bertz CT molecular complexity index is 383. The molecule has 0 unspecified atom stereocenters. The third-order valence-electron chi connectivity index (χ3n) is 2.70. The Balaban J connectivity index is 2.43. The van der Waals surface area contributed by atoms with Crippen molar-refractivity contribution in [2.24, 2.45) is 0 Å². The molecule has 0 aromatic carbocycles. The summed E-state index contributed by atoms with van der Waals surface area (Å²) in [5.74, 6) is 0.876. The molecule has 114 valence electrons. The number of methoxy groups -OCH3 is 1. The number of rotatable bonds is 10. The molecule has 1 rings (SSSR count). The molecule has 0 aliphatic heterocycles. The summed E-state index contributed by atoms with van der Waals surface area (Å²) >= 11 is 0. The van der Waals surface area contributed by atoms with Crippen molar-refractivity contribution < 1.29 is 14.2 Å². The maximum atomic E-state index is 5.78. The van der Waals surface area contributed by atoms with Gasteiger partial charge in [-0.1, -0.05) is 13.8 Å². The molecule has 5 nitrogen and oxygen atoms in total. The smallest absolute Gasteiger partial charge is 0.127 e. The van der Waals surface area contributed by atoms with Gasteiger partial charge in [-0.15, -0.1) is 0 Å². The first-order valence-electron chi connectivity index (χ1n) is 7.02. The van der Waals surface area contributed by atoms with Gasteiger partial charge < -0.3 is 19.5 Å². The molecule has 0 saturated carbocycles. The lowest BCUT2D eigenvalue weighted by Gasteiger charge is -2.14. The van der Waals surface area contributed by atoms with Gasteiger partial charge in [-0.25, -0.2) is 0 Å². The molecule has 0 atom stereocenters. The monoisotopic (exact) mass is 282 g/mol. The third-order valence-corrected chi connectivity index (χ3v) is 2.70. The standard InChI is InChI=1S/C15H26N2O3/c1-12(2)16-10-14-11-17-13(3)9-15(14)20-8-7-19-6-5-18-4/h9,11-12,16H,5-8,10H2,1-4H3. The van der Waals surface area contributed by atoms with Crippen molar-refractivity contribution in [3.05, 3.63) is 23.5 Å². The van der Waals surface area contributed by atoms with Crippen LogP contribution in [0.25, 0.3) is 0 Å². The van der Waals surface area contributed by atoms with Gasteiger partial charge in [-0.3, -0.25) is 4.98 Å². The van der Waals surface area contributed by atoms with E-state index < -0.39 is 0 Å². The second-order valence-electron chi connectivity index (χ2n) is 4.92. The lowest BCUT2D eigenvalue weighted by molar-refractivity contribution is 0.0542. The average molecular weight is 282 g/mol. The normalized spacial score (nSPS) is 11.1. The van der Waals surface area contributed by atoms with Gasteiger partial charge in [-0.2, -0.15) is 0 Å². The lowest BCUT2D eigenvalue weighted by Crippen LogP contribution is -2.22. The molecular weight excluding hydrogens is 256 g/mol. The van der Waals surface area contributed by atoms with Gasteiger partial charge in [0, 0.05) is 43.2 Å². The highest BCUT2D eigenvalue weighted by Gasteiger charge is 2.06. The third kappa shape index (κ3) is 6.84. The number of aryl methyl sites for hydroxylation is 1. The number of nitrogens with zero attached hydrogens (tertiary/aromatic N) is 1. The fourth-order valence-corrected chi connectivity index (χ4v) is 1.60. The average Bonchev–Trinajstić information content (AvgIpc) is 2.41. The first kappa shape index (κ1) is 16.9. The molecule has 0 aliphatic rings. The lowest BCUT2D eigenvalue weighted by atomic mass is 10.2. The maximum absolute atomic E-state index is 5.78. The molecular formula is C15H26N2O3. The molecule has 0 aliphatic carbocycles. The van der Waals surface area contributed by atoms with E-state index in [2.05, 4.69) is 24.1 Å². The molecule has 1 aromatic heterocycles. The van der Waals surface area contributed by atoms with Crippen molar-refractivity contribution in [3.8, 4) is 5.75 Å². The molecule has 0 bridgehead atoms. The first-order valence-corrected chi connectivity index (χ1v) is 7.02. The van der Waals surface area contributed by atoms with E-state index in [-0.39, 0.29) is 0 Å². The summed E-state index contributed by atoms with van der Waals surface area (Å²) in [6.07, 6.45) is 1.87. The second kappa shape index (κ2) is 9.69. The van der Waals surface area contributed by atoms with Crippen LogP contribution in [0, 0.1) is 6.92 Å². The van der Waals surface area contributed by atoms with E-state index in [9.17, 15) is 0 Å². The van der Waals surface area contributed by atoms with E-state index >= 15 is 0 Å². The van der Waals surface area contributed by atoms with Gasteiger partial charge in [0.05, 0.1) is 19.8 Å². The van der Waals surface area contributed by atoms with Crippen LogP contribution in [-0.2, 0) is 16.0 Å². The van der Waals surface area contributed by atoms with Crippen molar-refractivity contribution in [1.82, 2.24) is 10.3 Å². The molecule has 1 heterocycles. The van der Waals surface area contributed by atoms with E-state index in [4.69, 9.17) is 14.2 Å². The summed E-state index contributed by atoms with van der Waals surface area (Å²) in [5.41, 5.74) is 2.02. The highest BCUT2D eigenvalue weighted by atomic mass is 16.5. The van der Waals surface area contributed by atoms with Gasteiger partial charge in [0.2, 0.25) is 0 Å². The number of ether oxygens (including phenoxy) is 3. The van der Waals surface area contributed by atoms with E-state index in [0.29, 0.717) is 32.5 Å². The molecule has 0 fully saturated rings. The van der Waals surface area contributed by atoms with Gasteiger partial charge >= 0.3 is 0 Å². The topological polar surface area (TPSA) is 52.6 Å². The Labute approximate surface area is 121 Å². The summed E-state index contributed by atoms with van der Waals surface area (Å²) in [5, 5.41) is 3.37. The van der Waals surface area contributed by atoms with Crippen LogP contribution in [-0.4, -0.2) is 44.6 Å². The number of nitrogens with one attached hydrogen (secondary N) is 1. The van der Waals surface area contributed by atoms with Gasteiger partial charge in [-0.05, 0) is 6.92 Å². The number of hydrogen-bond acceptors (Lipinski definition) is 5. The van der Waals surface area contributed by atoms with Gasteiger partial charge in [0.1, 0.15) is 12.4 Å². The highest BCUT2D eigenvalue weighted by Crippen LogP contribution is 2.18. The van der Waals surface area contributed by atoms with Gasteiger partial charge in [0.15, 0.2) is 0 Å². The maximum Gasteiger partial charge on any atom is 0.127 e. The van der Waals surface area contributed by atoms with Crippen LogP contribution in [0.4, 0.5) is 0 Å². The summed E-state index contributed by atoms with van der Waals surface area (Å²) in [6.45, 7) is 9.24. The Morgan fingerprint density at radius 1 is 1.20 bits per heavy atom. The molecule has 0 amide bonds. The Hall–Kier alpha value is -1.17. The minimum Gasteiger partial charge on any atom is -0.491 e. The van der Waals surface area contributed by atoms with Crippen LogP contribution < -0.4 is 10.1 Å². The van der Waals surface area contributed by atoms with E-state index in [1.165, 1.54) is 0 Å². The van der Waals surface area contributed by atoms with E-state index in [1.54, 1.807) is 7.11 Å². The summed E-state index contributed by atoms with van der Waals surface area (Å²) in [7, 11) is 1.66. The number of pyridine rings is 1. The molecule has 0 radical (unpaired) electrons. The minimum absolute atomic E-state index is 0.432. The van der Waals surface area contributed by atoms with Crippen LogP contribution in [0.5, 0.6) is 5.75 Å². The van der Waals surface area contributed by atoms with Crippen molar-refractivity contribution in [2.45, 2.75) is 33.4 Å². The predicted molar refractivity (Wildman–Crippen MR) is 79.1 cm³/mol. The van der Waals surface area contributed by atoms with Crippen LogP contribution in [0.3, 0.4) is 0 Å². The molecule has 0 saturated heterocycles. The fourth-order valence-electron chi connectivity index (χ4n) is 1.60. The molecule has 1 aromatic rings. The van der Waals surface area contributed by atoms with Crippen molar-refractivity contribution in [2.75, 3.05) is 33.5 Å². The van der Waals surface area contributed by atoms with Crippen LogP contribution in [0.2, 0.25) is 0 Å². The van der Waals surface area contributed by atoms with E-state index in [0.717, 1.165) is 23.6 Å². The fraction of sp³-hybridized carbons (Fsp3) is 0.667. The molecule has 20 heavy (non-hydrogen) atoms. The Kier molecular flexibility index (Phi) is 8.18. The van der Waals surface area contributed by atoms with E-state index in [1.807, 2.05) is 19.2 Å². The Morgan fingerprint density at radius 2 is 1.95 bits per heavy atom. The summed E-state index contributed by atoms with van der Waals surface area (Å²) < 4.78 is 16.1. The van der Waals surface area contributed by atoms with Crippen molar-refractivity contribution >= 4 is 0 Å². The Morgan fingerprint density at radius 3 is 2.65 bits per heavy atom. The van der Waals surface area contributed by atoms with Crippen LogP contribution in [0.1, 0.15) is 25.1 Å². The predicted octanol–water partition coefficient (Wildman–Crippen LogP) is 1.93. The number of aromatic nitrogens is 1. The largest absolute Gasteiger partial charge is 0.491 e. The van der Waals surface area contributed by atoms with Crippen LogP contribution >= 0.6 is 0 Å². The quantitative estimate of drug-likeness (QED) is 0.665. The highest BCUT2D eigenvalue weighted by molar-refractivity contribution is 5.32. The van der Waals surface area contributed by atoms with Crippen LogP contribution in [0.15, 0.2) is 12.3 Å². The zero-order valence-corrected chi connectivity index (χ0v) is 12.9. The summed E-state index contributed by atoms with van der Waals surface area (Å²) in [6, 6.07) is 2.40. The SMILES string of the molecule is COCCOCCOc1cc(C)ncc1CNC(C)C. The van der Waals surface area contributed by atoms with Crippen molar-refractivity contribution in [3.63, 3.8) is 0 Å². The van der Waals surface area contributed by atoms with Crippen molar-refractivity contribution in [1.29, 1.82) is 0 Å². The zero-order chi connectivity index (χ0) is 14.8. The van der Waals surface area contributed by atoms with Gasteiger partial charge in [0.25, 0.3) is 0 Å². The minimum atomic E-state index is 0.432. The summed E-state index contributed by atoms with van der Waals surface area (Å²) in [4.78, 5) is 4.32. The molecule has 5 heteroatoms. The molecule has 1 N–H and O–H groups in total. The molecule has 0 spiro atoms. The number of hydrogen-bond donors (Lipinski definition) is 1.